The zero-order valence-corrected chi connectivity index (χ0v) is 16.6. The van der Waals surface area contributed by atoms with E-state index in [0.717, 1.165) is 28.3 Å². The summed E-state index contributed by atoms with van der Waals surface area (Å²) in [6, 6.07) is 11.9. The van der Waals surface area contributed by atoms with Crippen molar-refractivity contribution < 1.29 is 14.2 Å². The first-order chi connectivity index (χ1) is 14.6. The first-order valence-corrected chi connectivity index (χ1v) is 9.40. The standard InChI is InChI=1S/C23H21FN4O2/c1-15-12-28(14-25-15)20-9-3-16(11-21(20)30-2)4-10-22-26-19(13-29)23(27-22)17-5-7-18(24)8-6-17/h3-12,14,29H,13H2,1-2H3,(H,26,27)/b10-4+. The molecule has 152 valence electrons. The van der Waals surface area contributed by atoms with Gasteiger partial charge >= 0.3 is 0 Å². The number of methoxy groups -OCH3 is 1. The summed E-state index contributed by atoms with van der Waals surface area (Å²) in [6.07, 6.45) is 7.41. The van der Waals surface area contributed by atoms with Crippen LogP contribution in [0.2, 0.25) is 0 Å². The molecule has 2 aromatic heterocycles. The van der Waals surface area contributed by atoms with E-state index in [1.54, 1.807) is 25.6 Å². The number of aromatic amines is 1. The van der Waals surface area contributed by atoms with Crippen LogP contribution in [0.1, 0.15) is 22.8 Å². The Balaban J connectivity index is 1.61. The Labute approximate surface area is 173 Å². The zero-order chi connectivity index (χ0) is 21.1. The van der Waals surface area contributed by atoms with E-state index >= 15 is 0 Å². The maximum Gasteiger partial charge on any atom is 0.143 e. The van der Waals surface area contributed by atoms with Crippen LogP contribution in [0.4, 0.5) is 4.39 Å². The number of benzene rings is 2. The molecule has 2 aromatic carbocycles. The lowest BCUT2D eigenvalue weighted by Crippen LogP contribution is -1.95. The minimum Gasteiger partial charge on any atom is -0.495 e. The number of aliphatic hydroxyl groups excluding tert-OH is 1. The van der Waals surface area contributed by atoms with Crippen LogP contribution in [0.25, 0.3) is 29.1 Å². The van der Waals surface area contributed by atoms with Crippen molar-refractivity contribution in [3.05, 3.63) is 83.6 Å². The molecule has 6 nitrogen and oxygen atoms in total. The van der Waals surface area contributed by atoms with Crippen molar-refractivity contribution in [3.63, 3.8) is 0 Å². The van der Waals surface area contributed by atoms with Gasteiger partial charge in [-0.05, 0) is 55.0 Å². The fraction of sp³-hybridized carbons (Fsp3) is 0.130. The summed E-state index contributed by atoms with van der Waals surface area (Å²) in [5.74, 6) is 0.992. The van der Waals surface area contributed by atoms with E-state index in [0.29, 0.717) is 17.2 Å². The summed E-state index contributed by atoms with van der Waals surface area (Å²) in [5, 5.41) is 9.65. The van der Waals surface area contributed by atoms with Gasteiger partial charge in [0.05, 0.1) is 42.8 Å². The first kappa shape index (κ1) is 19.6. The van der Waals surface area contributed by atoms with Crippen LogP contribution in [0.3, 0.4) is 0 Å². The van der Waals surface area contributed by atoms with Gasteiger partial charge in [-0.1, -0.05) is 12.1 Å². The van der Waals surface area contributed by atoms with Crippen molar-refractivity contribution in [2.24, 2.45) is 0 Å². The fourth-order valence-electron chi connectivity index (χ4n) is 3.21. The average molecular weight is 404 g/mol. The monoisotopic (exact) mass is 404 g/mol. The highest BCUT2D eigenvalue weighted by molar-refractivity contribution is 5.71. The van der Waals surface area contributed by atoms with Crippen LogP contribution in [0.15, 0.2) is 55.0 Å². The molecule has 2 N–H and O–H groups in total. The molecule has 2 heterocycles. The quantitative estimate of drug-likeness (QED) is 0.500. The van der Waals surface area contributed by atoms with E-state index in [9.17, 15) is 9.50 Å². The van der Waals surface area contributed by atoms with Gasteiger partial charge in [0.15, 0.2) is 0 Å². The van der Waals surface area contributed by atoms with Gasteiger partial charge in [-0.3, -0.25) is 0 Å². The number of rotatable bonds is 6. The molecule has 0 aliphatic carbocycles. The number of aromatic nitrogens is 4. The molecule has 0 spiro atoms. The molecule has 0 atom stereocenters. The number of aliphatic hydroxyl groups is 1. The second-order valence-corrected chi connectivity index (χ2v) is 6.80. The molecule has 4 rings (SSSR count). The van der Waals surface area contributed by atoms with Gasteiger partial charge in [-0.25, -0.2) is 14.4 Å². The van der Waals surface area contributed by atoms with Crippen LogP contribution < -0.4 is 4.74 Å². The highest BCUT2D eigenvalue weighted by Crippen LogP contribution is 2.26. The smallest absolute Gasteiger partial charge is 0.143 e. The van der Waals surface area contributed by atoms with Crippen molar-refractivity contribution in [3.8, 4) is 22.7 Å². The van der Waals surface area contributed by atoms with E-state index in [-0.39, 0.29) is 12.4 Å². The number of aryl methyl sites for hydroxylation is 1. The molecular weight excluding hydrogens is 383 g/mol. The largest absolute Gasteiger partial charge is 0.495 e. The summed E-state index contributed by atoms with van der Waals surface area (Å²) < 4.78 is 20.6. The van der Waals surface area contributed by atoms with Crippen LogP contribution >= 0.6 is 0 Å². The van der Waals surface area contributed by atoms with Gasteiger partial charge < -0.3 is 19.4 Å². The van der Waals surface area contributed by atoms with Crippen molar-refractivity contribution in [1.82, 2.24) is 19.5 Å². The molecule has 0 saturated carbocycles. The Morgan fingerprint density at radius 1 is 1.17 bits per heavy atom. The summed E-state index contributed by atoms with van der Waals surface area (Å²) in [7, 11) is 1.63. The summed E-state index contributed by atoms with van der Waals surface area (Å²) in [5.41, 5.74) is 4.66. The van der Waals surface area contributed by atoms with Crippen molar-refractivity contribution in [2.75, 3.05) is 7.11 Å². The van der Waals surface area contributed by atoms with Crippen LogP contribution in [-0.2, 0) is 6.61 Å². The number of hydrogen-bond donors (Lipinski definition) is 2. The second kappa shape index (κ2) is 8.34. The molecule has 0 radical (unpaired) electrons. The molecule has 0 amide bonds. The van der Waals surface area contributed by atoms with Crippen LogP contribution in [-0.4, -0.2) is 31.7 Å². The van der Waals surface area contributed by atoms with Crippen LogP contribution in [0.5, 0.6) is 5.75 Å². The van der Waals surface area contributed by atoms with Gasteiger partial charge in [0.25, 0.3) is 0 Å². The van der Waals surface area contributed by atoms with E-state index < -0.39 is 0 Å². The van der Waals surface area contributed by atoms with Gasteiger partial charge in [-0.2, -0.15) is 0 Å². The van der Waals surface area contributed by atoms with Crippen molar-refractivity contribution >= 4 is 12.2 Å². The molecule has 0 fully saturated rings. The third-order valence-corrected chi connectivity index (χ3v) is 4.70. The molecular formula is C23H21FN4O2. The lowest BCUT2D eigenvalue weighted by atomic mass is 10.1. The summed E-state index contributed by atoms with van der Waals surface area (Å²) in [6.45, 7) is 1.74. The lowest BCUT2D eigenvalue weighted by Gasteiger charge is -2.09. The highest BCUT2D eigenvalue weighted by atomic mass is 19.1. The molecule has 0 saturated heterocycles. The zero-order valence-electron chi connectivity index (χ0n) is 16.6. The Morgan fingerprint density at radius 2 is 1.97 bits per heavy atom. The Bertz CT molecular complexity index is 1190. The van der Waals surface area contributed by atoms with Gasteiger partial charge in [0.1, 0.15) is 17.4 Å². The molecule has 0 aliphatic rings. The molecule has 7 heteroatoms. The number of ether oxygens (including phenoxy) is 1. The Kier molecular flexibility index (Phi) is 5.45. The maximum absolute atomic E-state index is 13.2. The second-order valence-electron chi connectivity index (χ2n) is 6.80. The van der Waals surface area contributed by atoms with Gasteiger partial charge in [-0.15, -0.1) is 0 Å². The SMILES string of the molecule is COc1cc(/C=C/c2nc(-c3ccc(F)cc3)c(CO)[nH]2)ccc1-n1cnc(C)c1. The first-order valence-electron chi connectivity index (χ1n) is 9.40. The number of imidazole rings is 2. The molecule has 0 bridgehead atoms. The summed E-state index contributed by atoms with van der Waals surface area (Å²) in [4.78, 5) is 11.9. The minimum absolute atomic E-state index is 0.194. The molecule has 4 aromatic rings. The number of nitrogens with one attached hydrogen (secondary N) is 1. The van der Waals surface area contributed by atoms with Gasteiger partial charge in [0.2, 0.25) is 0 Å². The molecule has 0 aliphatic heterocycles. The normalized spacial score (nSPS) is 11.3. The van der Waals surface area contributed by atoms with Crippen molar-refractivity contribution in [1.29, 1.82) is 0 Å². The Hall–Kier alpha value is -3.71. The topological polar surface area (TPSA) is 76.0 Å². The third-order valence-electron chi connectivity index (χ3n) is 4.70. The maximum atomic E-state index is 13.2. The summed E-state index contributed by atoms with van der Waals surface area (Å²) >= 11 is 0. The third kappa shape index (κ3) is 4.01. The number of nitrogens with zero attached hydrogens (tertiary/aromatic N) is 3. The lowest BCUT2D eigenvalue weighted by molar-refractivity contribution is 0.278. The van der Waals surface area contributed by atoms with E-state index in [1.807, 2.05) is 48.0 Å². The Morgan fingerprint density at radius 3 is 2.63 bits per heavy atom. The van der Waals surface area contributed by atoms with Gasteiger partial charge in [0, 0.05) is 11.8 Å². The van der Waals surface area contributed by atoms with E-state index in [2.05, 4.69) is 15.0 Å². The molecule has 30 heavy (non-hydrogen) atoms. The predicted octanol–water partition coefficient (Wildman–Crippen LogP) is 4.38. The number of hydrogen-bond acceptors (Lipinski definition) is 4. The predicted molar refractivity (Wildman–Crippen MR) is 114 cm³/mol. The van der Waals surface area contributed by atoms with Crippen LogP contribution in [0, 0.1) is 12.7 Å². The van der Waals surface area contributed by atoms with E-state index in [1.165, 1.54) is 12.1 Å². The average Bonchev–Trinajstić information content (AvgIpc) is 3.38. The highest BCUT2D eigenvalue weighted by Gasteiger charge is 2.11. The minimum atomic E-state index is -0.316. The molecule has 0 unspecified atom stereocenters. The van der Waals surface area contributed by atoms with Crippen molar-refractivity contribution in [2.45, 2.75) is 13.5 Å². The number of H-pyrrole nitrogens is 1. The number of halogens is 1. The fourth-order valence-corrected chi connectivity index (χ4v) is 3.21. The van der Waals surface area contributed by atoms with E-state index in [4.69, 9.17) is 4.74 Å².